The number of Topliss-reactive ketones (excluding diaryl/α,β-unsaturated/α-hetero) is 2. The van der Waals surface area contributed by atoms with Crippen LogP contribution in [0.3, 0.4) is 0 Å². The van der Waals surface area contributed by atoms with Gasteiger partial charge in [-0.05, 0) is 51.8 Å². The van der Waals surface area contributed by atoms with Gasteiger partial charge in [-0.1, -0.05) is 19.8 Å². The van der Waals surface area contributed by atoms with Crippen molar-refractivity contribution in [3.05, 3.63) is 29.2 Å². The molecule has 2 aliphatic rings. The molecule has 0 unspecified atom stereocenters. The third-order valence-electron chi connectivity index (χ3n) is 6.00. The number of aromatic nitrogens is 2. The van der Waals surface area contributed by atoms with Crippen molar-refractivity contribution in [1.82, 2.24) is 14.9 Å². The molecule has 2 N–H and O–H groups in total. The van der Waals surface area contributed by atoms with Crippen LogP contribution < -0.4 is 10.5 Å². The summed E-state index contributed by atoms with van der Waals surface area (Å²) in [7, 11) is 2.08. The fraction of sp³-hybridized carbons (Fsp3) is 0.583. The summed E-state index contributed by atoms with van der Waals surface area (Å²) in [4.78, 5) is 36.3. The molecule has 1 aromatic rings. The van der Waals surface area contributed by atoms with Crippen LogP contribution >= 0.6 is 0 Å². The molecule has 7 heteroatoms. The summed E-state index contributed by atoms with van der Waals surface area (Å²) in [6.45, 7) is 3.57. The fourth-order valence-electron chi connectivity index (χ4n) is 4.21. The molecule has 2 heterocycles. The van der Waals surface area contributed by atoms with Crippen LogP contribution in [0.4, 0.5) is 0 Å². The maximum Gasteiger partial charge on any atom is 0.317 e. The van der Waals surface area contributed by atoms with Gasteiger partial charge in [0.2, 0.25) is 5.78 Å². The van der Waals surface area contributed by atoms with E-state index in [0.717, 1.165) is 45.1 Å². The molecular weight excluding hydrogens is 392 g/mol. The standard InChI is InChI=1S/C22H32N4O3.C2H2/c1-3-7-17(20(23)16-9-4-5-10-19(16)27)21(28)18-11-12-24-22(25-18)29-14-15-8-6-13-26(15)2;1-2/h11-12,15-16H,3-10,13-14,23H2,1-2H3;1-2H/b20-17-;/t15-,16-;/m0./s1. The second-order valence-electron chi connectivity index (χ2n) is 8.09. The summed E-state index contributed by atoms with van der Waals surface area (Å²) in [6.07, 6.45) is 16.2. The van der Waals surface area contributed by atoms with Crippen LogP contribution in [-0.4, -0.2) is 52.7 Å². The highest BCUT2D eigenvalue weighted by atomic mass is 16.5. The molecule has 0 amide bonds. The van der Waals surface area contributed by atoms with Gasteiger partial charge in [0.25, 0.3) is 0 Å². The molecule has 1 saturated carbocycles. The Morgan fingerprint density at radius 2 is 2.06 bits per heavy atom. The van der Waals surface area contributed by atoms with Gasteiger partial charge in [0.15, 0.2) is 0 Å². The second-order valence-corrected chi connectivity index (χ2v) is 8.09. The number of likely N-dealkylation sites (tertiary alicyclic amines) is 1. The highest BCUT2D eigenvalue weighted by Crippen LogP contribution is 2.28. The Morgan fingerprint density at radius 1 is 1.29 bits per heavy atom. The molecule has 2 fully saturated rings. The lowest BCUT2D eigenvalue weighted by atomic mass is 9.82. The van der Waals surface area contributed by atoms with Crippen molar-refractivity contribution in [3.8, 4) is 18.9 Å². The van der Waals surface area contributed by atoms with E-state index >= 15 is 0 Å². The molecule has 168 valence electrons. The van der Waals surface area contributed by atoms with Crippen molar-refractivity contribution < 1.29 is 14.3 Å². The Bertz CT molecular complexity index is 818. The lowest BCUT2D eigenvalue weighted by Gasteiger charge is -2.23. The molecule has 0 aromatic carbocycles. The van der Waals surface area contributed by atoms with Gasteiger partial charge in [0.05, 0.1) is 5.92 Å². The number of rotatable bonds is 8. The summed E-state index contributed by atoms with van der Waals surface area (Å²) < 4.78 is 5.77. The van der Waals surface area contributed by atoms with Crippen LogP contribution in [0.15, 0.2) is 23.5 Å². The minimum Gasteiger partial charge on any atom is -0.462 e. The van der Waals surface area contributed by atoms with E-state index in [1.165, 1.54) is 0 Å². The number of nitrogens with two attached hydrogens (primary N) is 1. The van der Waals surface area contributed by atoms with Crippen molar-refractivity contribution >= 4 is 11.6 Å². The number of hydrogen-bond acceptors (Lipinski definition) is 7. The van der Waals surface area contributed by atoms with Crippen LogP contribution in [-0.2, 0) is 4.79 Å². The topological polar surface area (TPSA) is 98.4 Å². The Hall–Kier alpha value is -2.72. The molecule has 2 atom stereocenters. The van der Waals surface area contributed by atoms with Gasteiger partial charge in [-0.2, -0.15) is 4.98 Å². The molecule has 1 aliphatic carbocycles. The monoisotopic (exact) mass is 426 g/mol. The Kier molecular flexibility index (Phi) is 9.67. The molecule has 7 nitrogen and oxygen atoms in total. The van der Waals surface area contributed by atoms with Gasteiger partial charge >= 0.3 is 6.01 Å². The molecule has 0 spiro atoms. The molecule has 1 saturated heterocycles. The highest BCUT2D eigenvalue weighted by molar-refractivity contribution is 6.08. The Labute approximate surface area is 185 Å². The van der Waals surface area contributed by atoms with E-state index in [0.29, 0.717) is 36.8 Å². The third-order valence-corrected chi connectivity index (χ3v) is 6.00. The van der Waals surface area contributed by atoms with Gasteiger partial charge in [0.1, 0.15) is 18.1 Å². The largest absolute Gasteiger partial charge is 0.462 e. The molecular formula is C24H34N4O3. The molecule has 1 aromatic heterocycles. The van der Waals surface area contributed by atoms with Crippen molar-refractivity contribution in [3.63, 3.8) is 0 Å². The van der Waals surface area contributed by atoms with E-state index < -0.39 is 0 Å². The Morgan fingerprint density at radius 3 is 2.71 bits per heavy atom. The fourth-order valence-corrected chi connectivity index (χ4v) is 4.21. The molecule has 0 radical (unpaired) electrons. The predicted octanol–water partition coefficient (Wildman–Crippen LogP) is 3.15. The molecule has 1 aliphatic heterocycles. The van der Waals surface area contributed by atoms with Crippen LogP contribution in [0.5, 0.6) is 6.01 Å². The van der Waals surface area contributed by atoms with Gasteiger partial charge in [0, 0.05) is 29.9 Å². The molecule has 0 bridgehead atoms. The van der Waals surface area contributed by atoms with Crippen LogP contribution in [0, 0.1) is 18.8 Å². The van der Waals surface area contributed by atoms with E-state index in [-0.39, 0.29) is 29.2 Å². The first kappa shape index (κ1) is 24.5. The van der Waals surface area contributed by atoms with E-state index in [1.807, 2.05) is 6.92 Å². The highest BCUT2D eigenvalue weighted by Gasteiger charge is 2.29. The normalized spacial score (nSPS) is 22.3. The SMILES string of the molecule is C#C.CCC/C(C(=O)c1ccnc(OC[C@@H]2CCCN2C)n1)=C(/N)[C@H]1CCCCC1=O. The van der Waals surface area contributed by atoms with E-state index in [9.17, 15) is 9.59 Å². The first-order chi connectivity index (χ1) is 15.0. The van der Waals surface area contributed by atoms with E-state index in [1.54, 1.807) is 12.3 Å². The van der Waals surface area contributed by atoms with Gasteiger partial charge in [-0.15, -0.1) is 12.8 Å². The van der Waals surface area contributed by atoms with Crippen molar-refractivity contribution in [2.75, 3.05) is 20.2 Å². The summed E-state index contributed by atoms with van der Waals surface area (Å²) >= 11 is 0. The quantitative estimate of drug-likeness (QED) is 0.387. The summed E-state index contributed by atoms with van der Waals surface area (Å²) in [5.41, 5.74) is 7.56. The summed E-state index contributed by atoms with van der Waals surface area (Å²) in [6, 6.07) is 2.14. The number of nitrogens with zero attached hydrogens (tertiary/aromatic N) is 3. The minimum atomic E-state index is -0.343. The predicted molar refractivity (Wildman–Crippen MR) is 120 cm³/mol. The second kappa shape index (κ2) is 12.2. The average molecular weight is 427 g/mol. The zero-order valence-electron chi connectivity index (χ0n) is 18.7. The molecule has 31 heavy (non-hydrogen) atoms. The lowest BCUT2D eigenvalue weighted by Crippen LogP contribution is -2.31. The van der Waals surface area contributed by atoms with Crippen molar-refractivity contribution in [2.45, 2.75) is 64.3 Å². The maximum atomic E-state index is 13.2. The van der Waals surface area contributed by atoms with Crippen molar-refractivity contribution in [1.29, 1.82) is 0 Å². The van der Waals surface area contributed by atoms with Gasteiger partial charge < -0.3 is 15.4 Å². The number of ketones is 2. The summed E-state index contributed by atoms with van der Waals surface area (Å²) in [5.74, 6) is -0.430. The smallest absolute Gasteiger partial charge is 0.317 e. The number of carbonyl (C=O) groups excluding carboxylic acids is 2. The number of likely N-dealkylation sites (N-methyl/N-ethyl adjacent to an activating group) is 1. The van der Waals surface area contributed by atoms with Crippen LogP contribution in [0.1, 0.15) is 68.8 Å². The van der Waals surface area contributed by atoms with Gasteiger partial charge in [-0.3, -0.25) is 9.59 Å². The zero-order valence-corrected chi connectivity index (χ0v) is 18.7. The number of carbonyl (C=O) groups is 2. The molecule has 3 rings (SSSR count). The number of terminal acetylenes is 1. The van der Waals surface area contributed by atoms with Crippen LogP contribution in [0.2, 0.25) is 0 Å². The van der Waals surface area contributed by atoms with Crippen LogP contribution in [0.25, 0.3) is 0 Å². The number of ether oxygens (including phenoxy) is 1. The lowest BCUT2D eigenvalue weighted by molar-refractivity contribution is -0.123. The van der Waals surface area contributed by atoms with Crippen molar-refractivity contribution in [2.24, 2.45) is 11.7 Å². The zero-order chi connectivity index (χ0) is 22.8. The van der Waals surface area contributed by atoms with E-state index in [4.69, 9.17) is 10.5 Å². The first-order valence-corrected chi connectivity index (χ1v) is 11.1. The number of allylic oxidation sites excluding steroid dienone is 2. The van der Waals surface area contributed by atoms with E-state index in [2.05, 4.69) is 34.8 Å². The summed E-state index contributed by atoms with van der Waals surface area (Å²) in [5, 5.41) is 0. The number of hydrogen-bond donors (Lipinski definition) is 1. The minimum absolute atomic E-state index is 0.141. The Balaban J connectivity index is 0.00000166. The third kappa shape index (κ3) is 6.38. The first-order valence-electron chi connectivity index (χ1n) is 11.1. The maximum absolute atomic E-state index is 13.2. The average Bonchev–Trinajstić information content (AvgIpc) is 3.21. The van der Waals surface area contributed by atoms with Gasteiger partial charge in [-0.25, -0.2) is 4.98 Å².